The summed E-state index contributed by atoms with van der Waals surface area (Å²) >= 11 is 3.12. The molecule has 0 saturated carbocycles. The second kappa shape index (κ2) is 6.47. The van der Waals surface area contributed by atoms with Gasteiger partial charge in [0.25, 0.3) is 0 Å². The minimum Gasteiger partial charge on any atom is -0.382 e. The average molecular weight is 272 g/mol. The highest BCUT2D eigenvalue weighted by Crippen LogP contribution is 2.34. The van der Waals surface area contributed by atoms with Crippen molar-refractivity contribution >= 4 is 34.1 Å². The highest BCUT2D eigenvalue weighted by Gasteiger charge is 2.12. The Morgan fingerprint density at radius 2 is 2.18 bits per heavy atom. The average Bonchev–Trinajstić information content (AvgIpc) is 2.71. The maximum atomic E-state index is 5.79. The van der Waals surface area contributed by atoms with Crippen molar-refractivity contribution in [1.29, 1.82) is 0 Å². The molecule has 0 radical (unpaired) electrons. The van der Waals surface area contributed by atoms with Crippen LogP contribution in [0.1, 0.15) is 19.3 Å². The van der Waals surface area contributed by atoms with Crippen molar-refractivity contribution in [2.24, 2.45) is 0 Å². The molecule has 0 amide bonds. The van der Waals surface area contributed by atoms with Crippen molar-refractivity contribution in [3.63, 3.8) is 0 Å². The molecular formula is C11H20N4S2. The number of nitrogens with two attached hydrogens (primary N) is 1. The van der Waals surface area contributed by atoms with Gasteiger partial charge in [-0.1, -0.05) is 6.42 Å². The molecule has 96 valence electrons. The van der Waals surface area contributed by atoms with E-state index in [0.29, 0.717) is 5.82 Å². The maximum absolute atomic E-state index is 5.79. The molecule has 0 spiro atoms. The molecule has 1 aromatic heterocycles. The number of nitrogens with one attached hydrogen (secondary N) is 1. The summed E-state index contributed by atoms with van der Waals surface area (Å²) < 4.78 is 4.18. The van der Waals surface area contributed by atoms with Crippen molar-refractivity contribution in [2.75, 3.05) is 43.5 Å². The first-order chi connectivity index (χ1) is 8.31. The van der Waals surface area contributed by atoms with Crippen molar-refractivity contribution in [1.82, 2.24) is 9.27 Å². The summed E-state index contributed by atoms with van der Waals surface area (Å²) in [5, 5.41) is 4.56. The molecule has 0 atom stereocenters. The molecule has 3 N–H and O–H groups in total. The monoisotopic (exact) mass is 272 g/mol. The molecule has 6 heteroatoms. The smallest absolute Gasteiger partial charge is 0.153 e. The standard InChI is InChI=1S/C11H20N4S2/c1-16-9-10(12)14-17-11(9)13-5-8-15-6-3-2-4-7-15/h13H,2-8H2,1H3,(H2,12,14). The van der Waals surface area contributed by atoms with E-state index in [1.807, 2.05) is 6.26 Å². The molecule has 4 nitrogen and oxygen atoms in total. The van der Waals surface area contributed by atoms with Gasteiger partial charge in [-0.2, -0.15) is 4.37 Å². The van der Waals surface area contributed by atoms with Gasteiger partial charge < -0.3 is 16.0 Å². The highest BCUT2D eigenvalue weighted by atomic mass is 32.2. The van der Waals surface area contributed by atoms with Gasteiger partial charge in [0.1, 0.15) is 5.00 Å². The third-order valence-electron chi connectivity index (χ3n) is 3.04. The van der Waals surface area contributed by atoms with Crippen molar-refractivity contribution < 1.29 is 0 Å². The van der Waals surface area contributed by atoms with Crippen molar-refractivity contribution in [3.05, 3.63) is 0 Å². The number of thioether (sulfide) groups is 1. The lowest BCUT2D eigenvalue weighted by Crippen LogP contribution is -2.33. The van der Waals surface area contributed by atoms with Crippen LogP contribution in [0.5, 0.6) is 0 Å². The molecule has 2 rings (SSSR count). The van der Waals surface area contributed by atoms with Crippen LogP contribution in [0.3, 0.4) is 0 Å². The van der Waals surface area contributed by atoms with E-state index in [0.717, 1.165) is 23.0 Å². The fourth-order valence-electron chi connectivity index (χ4n) is 2.11. The van der Waals surface area contributed by atoms with Crippen LogP contribution in [-0.4, -0.2) is 41.7 Å². The topological polar surface area (TPSA) is 54.2 Å². The number of nitrogen functional groups attached to an aromatic ring is 1. The summed E-state index contributed by atoms with van der Waals surface area (Å²) in [6, 6.07) is 0. The molecule has 1 aromatic rings. The van der Waals surface area contributed by atoms with Gasteiger partial charge in [-0.15, -0.1) is 11.8 Å². The Morgan fingerprint density at radius 3 is 2.88 bits per heavy atom. The van der Waals surface area contributed by atoms with Gasteiger partial charge in [0, 0.05) is 13.1 Å². The van der Waals surface area contributed by atoms with Gasteiger partial charge in [-0.3, -0.25) is 0 Å². The lowest BCUT2D eigenvalue weighted by atomic mass is 10.1. The van der Waals surface area contributed by atoms with Gasteiger partial charge >= 0.3 is 0 Å². The van der Waals surface area contributed by atoms with Gasteiger partial charge in [0.2, 0.25) is 0 Å². The predicted octanol–water partition coefficient (Wildman–Crippen LogP) is 2.35. The number of hydrogen-bond acceptors (Lipinski definition) is 6. The number of anilines is 2. The van der Waals surface area contributed by atoms with Crippen LogP contribution < -0.4 is 11.1 Å². The van der Waals surface area contributed by atoms with E-state index < -0.39 is 0 Å². The lowest BCUT2D eigenvalue weighted by Gasteiger charge is -2.26. The van der Waals surface area contributed by atoms with Gasteiger partial charge in [-0.25, -0.2) is 0 Å². The molecule has 17 heavy (non-hydrogen) atoms. The van der Waals surface area contributed by atoms with Crippen molar-refractivity contribution in [3.8, 4) is 0 Å². The Labute approximate surface area is 111 Å². The quantitative estimate of drug-likeness (QED) is 0.806. The van der Waals surface area contributed by atoms with Gasteiger partial charge in [-0.05, 0) is 43.7 Å². The fraction of sp³-hybridized carbons (Fsp3) is 0.727. The molecule has 1 aliphatic heterocycles. The number of aromatic nitrogens is 1. The van der Waals surface area contributed by atoms with E-state index in [-0.39, 0.29) is 0 Å². The Morgan fingerprint density at radius 1 is 1.41 bits per heavy atom. The molecular weight excluding hydrogens is 252 g/mol. The van der Waals surface area contributed by atoms with Crippen LogP contribution in [0.2, 0.25) is 0 Å². The summed E-state index contributed by atoms with van der Waals surface area (Å²) in [5.74, 6) is 0.656. The molecule has 0 unspecified atom stereocenters. The van der Waals surface area contributed by atoms with Crippen LogP contribution in [0, 0.1) is 0 Å². The number of hydrogen-bond donors (Lipinski definition) is 2. The third-order valence-corrected chi connectivity index (χ3v) is 4.81. The first kappa shape index (κ1) is 13.0. The van der Waals surface area contributed by atoms with Crippen LogP contribution in [0.15, 0.2) is 4.90 Å². The second-order valence-electron chi connectivity index (χ2n) is 4.26. The first-order valence-electron chi connectivity index (χ1n) is 6.06. The largest absolute Gasteiger partial charge is 0.382 e. The molecule has 0 aliphatic carbocycles. The molecule has 2 heterocycles. The lowest BCUT2D eigenvalue weighted by molar-refractivity contribution is 0.237. The first-order valence-corrected chi connectivity index (χ1v) is 8.06. The summed E-state index contributed by atoms with van der Waals surface area (Å²) in [6.07, 6.45) is 6.13. The Balaban J connectivity index is 1.77. The van der Waals surface area contributed by atoms with Crippen LogP contribution >= 0.6 is 23.3 Å². The van der Waals surface area contributed by atoms with E-state index in [2.05, 4.69) is 14.6 Å². The number of nitrogens with zero attached hydrogens (tertiary/aromatic N) is 2. The minimum atomic E-state index is 0.656. The zero-order valence-electron chi connectivity index (χ0n) is 10.2. The van der Waals surface area contributed by atoms with Crippen LogP contribution in [0.25, 0.3) is 0 Å². The zero-order chi connectivity index (χ0) is 12.1. The number of piperidine rings is 1. The Kier molecular flexibility index (Phi) is 4.94. The molecule has 1 saturated heterocycles. The summed E-state index contributed by atoms with van der Waals surface area (Å²) in [7, 11) is 0. The minimum absolute atomic E-state index is 0.656. The SMILES string of the molecule is CSc1c(N)nsc1NCCN1CCCCC1. The van der Waals surface area contributed by atoms with Crippen LogP contribution in [-0.2, 0) is 0 Å². The second-order valence-corrected chi connectivity index (χ2v) is 5.85. The van der Waals surface area contributed by atoms with Gasteiger partial charge in [0.15, 0.2) is 5.82 Å². The van der Waals surface area contributed by atoms with E-state index in [9.17, 15) is 0 Å². The molecule has 1 aliphatic rings. The Hall–Kier alpha value is -0.460. The Bertz CT molecular complexity index is 347. The molecule has 1 fully saturated rings. The van der Waals surface area contributed by atoms with E-state index >= 15 is 0 Å². The van der Waals surface area contributed by atoms with Crippen LogP contribution in [0.4, 0.5) is 10.8 Å². The van der Waals surface area contributed by atoms with Gasteiger partial charge in [0.05, 0.1) is 4.90 Å². The van der Waals surface area contributed by atoms with E-state index in [1.54, 1.807) is 11.8 Å². The summed E-state index contributed by atoms with van der Waals surface area (Å²) in [5.41, 5.74) is 5.79. The maximum Gasteiger partial charge on any atom is 0.153 e. The predicted molar refractivity (Wildman–Crippen MR) is 77.1 cm³/mol. The van der Waals surface area contributed by atoms with E-state index in [1.165, 1.54) is 43.9 Å². The molecule has 0 bridgehead atoms. The summed E-state index contributed by atoms with van der Waals surface area (Å²) in [6.45, 7) is 4.60. The summed E-state index contributed by atoms with van der Waals surface area (Å²) in [4.78, 5) is 3.62. The van der Waals surface area contributed by atoms with E-state index in [4.69, 9.17) is 5.73 Å². The molecule has 0 aromatic carbocycles. The van der Waals surface area contributed by atoms with Crippen molar-refractivity contribution in [2.45, 2.75) is 24.2 Å². The third kappa shape index (κ3) is 3.50. The normalized spacial score (nSPS) is 17.2. The fourth-order valence-corrected chi connectivity index (χ4v) is 3.68. The number of likely N-dealkylation sites (tertiary alicyclic amines) is 1. The zero-order valence-corrected chi connectivity index (χ0v) is 11.9. The highest BCUT2D eigenvalue weighted by molar-refractivity contribution is 7.99. The number of rotatable bonds is 5.